The highest BCUT2D eigenvalue weighted by atomic mass is 16.6. The van der Waals surface area contributed by atoms with Gasteiger partial charge in [0, 0.05) is 17.2 Å². The monoisotopic (exact) mass is 409 g/mol. The van der Waals surface area contributed by atoms with Crippen LogP contribution in [0.4, 0.5) is 17.1 Å². The van der Waals surface area contributed by atoms with Crippen molar-refractivity contribution in [1.82, 2.24) is 0 Å². The number of hydrogen-bond donors (Lipinski definition) is 0. The quantitative estimate of drug-likeness (QED) is 0.354. The lowest BCUT2D eigenvalue weighted by molar-refractivity contribution is -0.393. The number of aryl methyl sites for hydroxylation is 1. The molecule has 0 saturated heterocycles. The van der Waals surface area contributed by atoms with Crippen molar-refractivity contribution >= 4 is 22.8 Å². The van der Waals surface area contributed by atoms with E-state index in [0.717, 1.165) is 11.6 Å². The number of nitriles is 2. The molecular weight excluding hydrogens is 398 g/mol. The summed E-state index contributed by atoms with van der Waals surface area (Å²) in [5, 5.41) is 41.5. The van der Waals surface area contributed by atoms with Gasteiger partial charge in [-0.1, -0.05) is 17.7 Å². The fraction of sp³-hybridized carbons (Fsp3) is 0.0455. The van der Waals surface area contributed by atoms with Crippen molar-refractivity contribution in [3.8, 4) is 23.3 Å². The maximum absolute atomic E-state index is 11.7. The molecule has 0 aromatic heterocycles. The SMILES string of the molecule is Cc1ccc2c(c1)C(=Nc1ccc(C#N)c(C#N)c1)c1cc([N+](=O)[O-])cc([N+](=O)[O-])c1-2. The van der Waals surface area contributed by atoms with Crippen molar-refractivity contribution in [3.63, 3.8) is 0 Å². The summed E-state index contributed by atoms with van der Waals surface area (Å²) in [5.74, 6) is 0. The molecule has 0 aliphatic heterocycles. The summed E-state index contributed by atoms with van der Waals surface area (Å²) in [7, 11) is 0. The molecule has 0 fully saturated rings. The first-order chi connectivity index (χ1) is 14.8. The van der Waals surface area contributed by atoms with Crippen LogP contribution in [0, 0.1) is 49.8 Å². The Kier molecular flexibility index (Phi) is 4.50. The number of non-ortho nitro benzene ring substituents is 1. The predicted octanol–water partition coefficient (Wildman–Crippen LogP) is 4.70. The summed E-state index contributed by atoms with van der Waals surface area (Å²) in [6.45, 7) is 1.85. The van der Waals surface area contributed by atoms with Crippen LogP contribution >= 0.6 is 0 Å². The van der Waals surface area contributed by atoms with Crippen molar-refractivity contribution < 1.29 is 9.85 Å². The first-order valence-corrected chi connectivity index (χ1v) is 8.95. The van der Waals surface area contributed by atoms with Gasteiger partial charge in [-0.05, 0) is 36.8 Å². The van der Waals surface area contributed by atoms with Gasteiger partial charge in [-0.3, -0.25) is 20.2 Å². The van der Waals surface area contributed by atoms with E-state index in [0.29, 0.717) is 22.5 Å². The lowest BCUT2D eigenvalue weighted by Gasteiger charge is -2.04. The third-order valence-electron chi connectivity index (χ3n) is 4.95. The third-order valence-corrected chi connectivity index (χ3v) is 4.95. The van der Waals surface area contributed by atoms with Crippen LogP contribution in [-0.4, -0.2) is 15.6 Å². The molecule has 0 saturated carbocycles. The van der Waals surface area contributed by atoms with E-state index in [9.17, 15) is 25.5 Å². The molecule has 0 radical (unpaired) electrons. The number of nitro benzene ring substituents is 2. The van der Waals surface area contributed by atoms with Gasteiger partial charge in [0.2, 0.25) is 0 Å². The Hall–Kier alpha value is -4.89. The second-order valence-corrected chi connectivity index (χ2v) is 6.86. The molecule has 0 spiro atoms. The first kappa shape index (κ1) is 19.4. The summed E-state index contributed by atoms with van der Waals surface area (Å²) in [5.41, 5.74) is 2.78. The summed E-state index contributed by atoms with van der Waals surface area (Å²) in [4.78, 5) is 26.4. The van der Waals surface area contributed by atoms with Crippen LogP contribution in [0.2, 0.25) is 0 Å². The summed E-state index contributed by atoms with van der Waals surface area (Å²) in [6.07, 6.45) is 0. The molecule has 3 aromatic rings. The van der Waals surface area contributed by atoms with Crippen LogP contribution in [-0.2, 0) is 0 Å². The van der Waals surface area contributed by atoms with E-state index in [1.807, 2.05) is 19.1 Å². The van der Waals surface area contributed by atoms with Crippen molar-refractivity contribution in [3.05, 3.63) is 96.6 Å². The Labute approximate surface area is 175 Å². The molecule has 31 heavy (non-hydrogen) atoms. The Bertz CT molecular complexity index is 1430. The normalized spacial score (nSPS) is 12.5. The van der Waals surface area contributed by atoms with Crippen LogP contribution in [0.5, 0.6) is 0 Å². The highest BCUT2D eigenvalue weighted by Crippen LogP contribution is 2.45. The van der Waals surface area contributed by atoms with Crippen molar-refractivity contribution in [2.24, 2.45) is 4.99 Å². The Balaban J connectivity index is 2.06. The van der Waals surface area contributed by atoms with Crippen LogP contribution in [0.3, 0.4) is 0 Å². The Morgan fingerprint density at radius 1 is 0.839 bits per heavy atom. The highest BCUT2D eigenvalue weighted by molar-refractivity contribution is 6.26. The highest BCUT2D eigenvalue weighted by Gasteiger charge is 2.34. The first-order valence-electron chi connectivity index (χ1n) is 8.95. The number of fused-ring (bicyclic) bond motifs is 3. The van der Waals surface area contributed by atoms with Crippen LogP contribution < -0.4 is 0 Å². The van der Waals surface area contributed by atoms with Crippen LogP contribution in [0.25, 0.3) is 11.1 Å². The average Bonchev–Trinajstić information content (AvgIpc) is 3.05. The number of aliphatic imine (C=N–C) groups is 1. The molecule has 0 unspecified atom stereocenters. The van der Waals surface area contributed by atoms with Crippen molar-refractivity contribution in [2.75, 3.05) is 0 Å². The second-order valence-electron chi connectivity index (χ2n) is 6.86. The molecule has 0 heterocycles. The van der Waals surface area contributed by atoms with Crippen LogP contribution in [0.15, 0.2) is 53.5 Å². The zero-order valence-corrected chi connectivity index (χ0v) is 16.0. The molecule has 9 nitrogen and oxygen atoms in total. The fourth-order valence-electron chi connectivity index (χ4n) is 3.59. The van der Waals surface area contributed by atoms with Gasteiger partial charge in [0.25, 0.3) is 11.4 Å². The van der Waals surface area contributed by atoms with Crippen LogP contribution in [0.1, 0.15) is 27.8 Å². The zero-order chi connectivity index (χ0) is 22.3. The molecule has 0 bridgehead atoms. The molecule has 9 heteroatoms. The van der Waals surface area contributed by atoms with Gasteiger partial charge in [-0.25, -0.2) is 4.99 Å². The molecule has 0 N–H and O–H groups in total. The van der Waals surface area contributed by atoms with Gasteiger partial charge in [0.05, 0.1) is 44.0 Å². The van der Waals surface area contributed by atoms with E-state index in [-0.39, 0.29) is 27.9 Å². The Morgan fingerprint density at radius 3 is 2.23 bits per heavy atom. The van der Waals surface area contributed by atoms with Crippen molar-refractivity contribution in [2.45, 2.75) is 6.92 Å². The Morgan fingerprint density at radius 2 is 1.58 bits per heavy atom. The van der Waals surface area contributed by atoms with Crippen molar-refractivity contribution in [1.29, 1.82) is 10.5 Å². The van der Waals surface area contributed by atoms with E-state index >= 15 is 0 Å². The molecule has 0 atom stereocenters. The molecule has 4 rings (SSSR count). The number of rotatable bonds is 3. The van der Waals surface area contributed by atoms with E-state index in [4.69, 9.17) is 5.26 Å². The van der Waals surface area contributed by atoms with Gasteiger partial charge < -0.3 is 0 Å². The minimum atomic E-state index is -0.686. The minimum Gasteiger partial charge on any atom is -0.258 e. The lowest BCUT2D eigenvalue weighted by atomic mass is 10.0. The second kappa shape index (κ2) is 7.17. The van der Waals surface area contributed by atoms with Gasteiger partial charge in [0.15, 0.2) is 0 Å². The van der Waals surface area contributed by atoms with E-state index in [1.165, 1.54) is 18.2 Å². The number of benzene rings is 3. The molecule has 1 aliphatic rings. The minimum absolute atomic E-state index is 0.136. The zero-order valence-electron chi connectivity index (χ0n) is 16.0. The van der Waals surface area contributed by atoms with Gasteiger partial charge in [-0.15, -0.1) is 0 Å². The molecule has 0 amide bonds. The number of hydrogen-bond acceptors (Lipinski definition) is 7. The maximum Gasteiger partial charge on any atom is 0.284 e. The van der Waals surface area contributed by atoms with E-state index in [1.54, 1.807) is 24.3 Å². The van der Waals surface area contributed by atoms with Gasteiger partial charge in [-0.2, -0.15) is 10.5 Å². The molecule has 148 valence electrons. The smallest absolute Gasteiger partial charge is 0.258 e. The largest absolute Gasteiger partial charge is 0.284 e. The summed E-state index contributed by atoms with van der Waals surface area (Å²) in [6, 6.07) is 15.8. The van der Waals surface area contributed by atoms with Gasteiger partial charge in [0.1, 0.15) is 12.1 Å². The molecule has 1 aliphatic carbocycles. The number of nitrogens with zero attached hydrogens (tertiary/aromatic N) is 5. The number of nitro groups is 2. The third kappa shape index (κ3) is 3.16. The van der Waals surface area contributed by atoms with Gasteiger partial charge >= 0.3 is 0 Å². The maximum atomic E-state index is 11.7. The summed E-state index contributed by atoms with van der Waals surface area (Å²) >= 11 is 0. The molecule has 3 aromatic carbocycles. The average molecular weight is 409 g/mol. The fourth-order valence-corrected chi connectivity index (χ4v) is 3.59. The standard InChI is InChI=1S/C22H11N5O4/c1-12-2-5-17-18(6-12)22(25-15-4-3-13(10-23)14(7-15)11-24)19-8-16(26(28)29)9-20(21(17)19)27(30)31/h2-9H,1H3. The lowest BCUT2D eigenvalue weighted by Crippen LogP contribution is -2.01. The predicted molar refractivity (Wildman–Crippen MR) is 111 cm³/mol. The molecular formula is C22H11N5O4. The van der Waals surface area contributed by atoms with E-state index < -0.39 is 15.5 Å². The van der Waals surface area contributed by atoms with E-state index in [2.05, 4.69) is 4.99 Å². The topological polar surface area (TPSA) is 146 Å². The summed E-state index contributed by atoms with van der Waals surface area (Å²) < 4.78 is 0.